The average Bonchev–Trinajstić information content (AvgIpc) is 2.09. The highest BCUT2D eigenvalue weighted by molar-refractivity contribution is 7.94. The van der Waals surface area contributed by atoms with Gasteiger partial charge in [0, 0.05) is 12.8 Å². The molecule has 0 saturated heterocycles. The van der Waals surface area contributed by atoms with Crippen molar-refractivity contribution in [2.24, 2.45) is 0 Å². The van der Waals surface area contributed by atoms with Crippen LogP contribution in [-0.4, -0.2) is 53.4 Å². The van der Waals surface area contributed by atoms with Crippen LogP contribution in [0.1, 0.15) is 13.3 Å². The Bertz CT molecular complexity index is 358. The molecule has 0 aliphatic heterocycles. The van der Waals surface area contributed by atoms with E-state index in [0.29, 0.717) is 6.54 Å². The summed E-state index contributed by atoms with van der Waals surface area (Å²) in [6.45, 7) is 3.16. The van der Waals surface area contributed by atoms with E-state index in [2.05, 4.69) is 5.32 Å². The van der Waals surface area contributed by atoms with E-state index in [4.69, 9.17) is 0 Å². The zero-order valence-electron chi connectivity index (χ0n) is 9.19. The molecule has 0 aliphatic carbocycles. The summed E-state index contributed by atoms with van der Waals surface area (Å²) in [7, 11) is -6.43. The quantitative estimate of drug-likeness (QED) is 0.590. The van der Waals surface area contributed by atoms with Crippen molar-refractivity contribution in [2.75, 3.05) is 36.6 Å². The molecule has 0 heterocycles. The molecule has 0 atom stereocenters. The Labute approximate surface area is 92.1 Å². The van der Waals surface area contributed by atoms with Crippen LogP contribution in [-0.2, 0) is 19.7 Å². The van der Waals surface area contributed by atoms with Crippen molar-refractivity contribution in [3.8, 4) is 0 Å². The molecule has 5 nitrogen and oxygen atoms in total. The summed E-state index contributed by atoms with van der Waals surface area (Å²) in [5.74, 6) is -0.564. The molecule has 15 heavy (non-hydrogen) atoms. The normalized spacial score (nSPS) is 12.9. The van der Waals surface area contributed by atoms with Crippen molar-refractivity contribution >= 4 is 19.7 Å². The van der Waals surface area contributed by atoms with Gasteiger partial charge in [0.25, 0.3) is 0 Å². The van der Waals surface area contributed by atoms with Crippen LogP contribution in [0.5, 0.6) is 0 Å². The van der Waals surface area contributed by atoms with Crippen LogP contribution in [0.15, 0.2) is 0 Å². The van der Waals surface area contributed by atoms with Crippen LogP contribution in [0.4, 0.5) is 0 Å². The van der Waals surface area contributed by atoms with E-state index in [1.807, 2.05) is 6.92 Å². The van der Waals surface area contributed by atoms with Gasteiger partial charge in [-0.1, -0.05) is 6.92 Å². The number of hydrogen-bond donors (Lipinski definition) is 1. The molecule has 1 N–H and O–H groups in total. The van der Waals surface area contributed by atoms with Crippen molar-refractivity contribution in [1.82, 2.24) is 5.32 Å². The second-order valence-electron chi connectivity index (χ2n) is 3.53. The Hall–Kier alpha value is -0.140. The van der Waals surface area contributed by atoms with E-state index in [0.717, 1.165) is 19.2 Å². The fourth-order valence-electron chi connectivity index (χ4n) is 0.910. The van der Waals surface area contributed by atoms with Gasteiger partial charge in [0.15, 0.2) is 9.84 Å². The highest BCUT2D eigenvalue weighted by atomic mass is 32.2. The van der Waals surface area contributed by atoms with Crippen LogP contribution < -0.4 is 5.32 Å². The van der Waals surface area contributed by atoms with Crippen LogP contribution in [0.25, 0.3) is 0 Å². The smallest absolute Gasteiger partial charge is 0.152 e. The highest BCUT2D eigenvalue weighted by Gasteiger charge is 2.13. The van der Waals surface area contributed by atoms with Gasteiger partial charge in [0.1, 0.15) is 9.84 Å². The van der Waals surface area contributed by atoms with Crippen LogP contribution >= 0.6 is 0 Å². The van der Waals surface area contributed by atoms with E-state index >= 15 is 0 Å². The molecular formula is C8H19NO4S2. The van der Waals surface area contributed by atoms with Gasteiger partial charge in [-0.25, -0.2) is 16.8 Å². The van der Waals surface area contributed by atoms with E-state index in [9.17, 15) is 16.8 Å². The first kappa shape index (κ1) is 14.9. The third-order valence-electron chi connectivity index (χ3n) is 1.78. The summed E-state index contributed by atoms with van der Waals surface area (Å²) in [6.07, 6.45) is 1.99. The van der Waals surface area contributed by atoms with Crippen LogP contribution in [0.3, 0.4) is 0 Å². The standard InChI is InChI=1S/C8H19NO4S2/c1-3-4-9-5-6-15(12,13)8-7-14(2,10)11/h9H,3-8H2,1-2H3. The van der Waals surface area contributed by atoms with Gasteiger partial charge in [-0.05, 0) is 13.0 Å². The highest BCUT2D eigenvalue weighted by Crippen LogP contribution is 1.93. The minimum absolute atomic E-state index is 0.00250. The maximum atomic E-state index is 11.3. The SMILES string of the molecule is CCCNCCS(=O)(=O)CCS(C)(=O)=O. The third-order valence-corrected chi connectivity index (χ3v) is 4.64. The van der Waals surface area contributed by atoms with Crippen molar-refractivity contribution in [2.45, 2.75) is 13.3 Å². The average molecular weight is 257 g/mol. The van der Waals surface area contributed by atoms with Gasteiger partial charge in [0.05, 0.1) is 17.3 Å². The number of nitrogens with one attached hydrogen (secondary N) is 1. The van der Waals surface area contributed by atoms with Gasteiger partial charge in [-0.3, -0.25) is 0 Å². The molecule has 0 unspecified atom stereocenters. The van der Waals surface area contributed by atoms with Crippen molar-refractivity contribution in [3.63, 3.8) is 0 Å². The molecule has 92 valence electrons. The second-order valence-corrected chi connectivity index (χ2v) is 8.10. The van der Waals surface area contributed by atoms with Crippen molar-refractivity contribution in [3.05, 3.63) is 0 Å². The zero-order chi connectivity index (χ0) is 11.9. The summed E-state index contributed by atoms with van der Waals surface area (Å²) < 4.78 is 44.2. The number of sulfone groups is 2. The van der Waals surface area contributed by atoms with E-state index in [1.54, 1.807) is 0 Å². The van der Waals surface area contributed by atoms with E-state index in [-0.39, 0.29) is 17.3 Å². The Kier molecular flexibility index (Phi) is 6.38. The molecule has 0 bridgehead atoms. The lowest BCUT2D eigenvalue weighted by Gasteiger charge is -2.04. The minimum atomic E-state index is -3.24. The fraction of sp³-hybridized carbons (Fsp3) is 1.00. The predicted octanol–water partition coefficient (Wildman–Crippen LogP) is -0.555. The molecule has 0 fully saturated rings. The summed E-state index contributed by atoms with van der Waals surface area (Å²) in [6, 6.07) is 0. The van der Waals surface area contributed by atoms with Crippen LogP contribution in [0, 0.1) is 0 Å². The van der Waals surface area contributed by atoms with E-state index < -0.39 is 19.7 Å². The fourth-order valence-corrected chi connectivity index (χ4v) is 3.80. The minimum Gasteiger partial charge on any atom is -0.316 e. The zero-order valence-corrected chi connectivity index (χ0v) is 10.8. The first-order valence-electron chi connectivity index (χ1n) is 4.86. The molecule has 0 aromatic heterocycles. The summed E-state index contributed by atoms with van der Waals surface area (Å²) >= 11 is 0. The monoisotopic (exact) mass is 257 g/mol. The summed E-state index contributed by atoms with van der Waals surface area (Å²) in [5, 5.41) is 2.96. The maximum Gasteiger partial charge on any atom is 0.152 e. The molecule has 0 spiro atoms. The largest absolute Gasteiger partial charge is 0.316 e. The molecule has 0 radical (unpaired) electrons. The molecule has 0 amide bonds. The molecule has 0 aromatic rings. The summed E-state index contributed by atoms with van der Waals surface area (Å²) in [4.78, 5) is 0. The number of hydrogen-bond acceptors (Lipinski definition) is 5. The lowest BCUT2D eigenvalue weighted by atomic mass is 10.5. The third kappa shape index (κ3) is 10.1. The van der Waals surface area contributed by atoms with Gasteiger partial charge in [-0.2, -0.15) is 0 Å². The Morgan fingerprint density at radius 2 is 1.53 bits per heavy atom. The molecule has 0 aromatic carbocycles. The van der Waals surface area contributed by atoms with Gasteiger partial charge >= 0.3 is 0 Å². The first-order valence-corrected chi connectivity index (χ1v) is 8.74. The molecule has 7 heteroatoms. The second kappa shape index (κ2) is 6.44. The van der Waals surface area contributed by atoms with Crippen LogP contribution in [0.2, 0.25) is 0 Å². The van der Waals surface area contributed by atoms with E-state index in [1.165, 1.54) is 0 Å². The Balaban J connectivity index is 3.88. The predicted molar refractivity (Wildman–Crippen MR) is 61.5 cm³/mol. The molecule has 0 saturated carbocycles. The lowest BCUT2D eigenvalue weighted by molar-refractivity contribution is 0.586. The Morgan fingerprint density at radius 1 is 0.933 bits per heavy atom. The van der Waals surface area contributed by atoms with Gasteiger partial charge in [-0.15, -0.1) is 0 Å². The first-order chi connectivity index (χ1) is 6.77. The lowest BCUT2D eigenvalue weighted by Crippen LogP contribution is -2.27. The van der Waals surface area contributed by atoms with Crippen molar-refractivity contribution in [1.29, 1.82) is 0 Å². The molecule has 0 rings (SSSR count). The molecule has 0 aliphatic rings. The molecular weight excluding hydrogens is 238 g/mol. The maximum absolute atomic E-state index is 11.3. The number of rotatable bonds is 8. The topological polar surface area (TPSA) is 80.3 Å². The van der Waals surface area contributed by atoms with Crippen molar-refractivity contribution < 1.29 is 16.8 Å². The van der Waals surface area contributed by atoms with Gasteiger partial charge in [0.2, 0.25) is 0 Å². The van der Waals surface area contributed by atoms with Gasteiger partial charge < -0.3 is 5.32 Å². The summed E-state index contributed by atoms with van der Waals surface area (Å²) in [5.41, 5.74) is 0. The Morgan fingerprint density at radius 3 is 2.00 bits per heavy atom.